The predicted molar refractivity (Wildman–Crippen MR) is 145 cm³/mol. The zero-order valence-corrected chi connectivity index (χ0v) is 21.8. The Morgan fingerprint density at radius 3 is 2.33 bits per heavy atom. The van der Waals surface area contributed by atoms with Crippen LogP contribution in [0.4, 0.5) is 4.79 Å². The number of amides is 3. The molecule has 208 valence electrons. The van der Waals surface area contributed by atoms with Crippen molar-refractivity contribution >= 4 is 34.8 Å². The van der Waals surface area contributed by atoms with Crippen LogP contribution in [0.5, 0.6) is 0 Å². The molecule has 0 bridgehead atoms. The first-order chi connectivity index (χ1) is 18.9. The molecule has 0 aliphatic heterocycles. The molecule has 0 aliphatic carbocycles. The van der Waals surface area contributed by atoms with Gasteiger partial charge in [0, 0.05) is 24.9 Å². The van der Waals surface area contributed by atoms with Crippen LogP contribution in [0.15, 0.2) is 65.1 Å². The summed E-state index contributed by atoms with van der Waals surface area (Å²) in [5.41, 5.74) is 1.45. The fourth-order valence-electron chi connectivity index (χ4n) is 3.95. The van der Waals surface area contributed by atoms with Gasteiger partial charge in [0.25, 0.3) is 5.91 Å². The molecule has 3 amide bonds. The first-order valence-electron chi connectivity index (χ1n) is 13.2. The number of hydrogen-bond acceptors (Lipinski definition) is 6. The molecular weight excluding hydrogens is 502 g/mol. The topological polar surface area (TPSA) is 147 Å². The number of hydrogen-bond donors (Lipinski definition) is 4. The number of aliphatic carboxylic acids is 1. The smallest absolute Gasteiger partial charge is 0.407 e. The van der Waals surface area contributed by atoms with Crippen molar-refractivity contribution in [3.05, 3.63) is 72.0 Å². The zero-order valence-electron chi connectivity index (χ0n) is 21.8. The monoisotopic (exact) mass is 537 g/mol. The number of carboxylic acid groups (broad SMARTS) is 1. The third-order valence-electron chi connectivity index (χ3n) is 6.04. The Labute approximate surface area is 227 Å². The number of para-hydroxylation sites is 1. The van der Waals surface area contributed by atoms with Crippen molar-refractivity contribution in [2.24, 2.45) is 0 Å². The van der Waals surface area contributed by atoms with Crippen molar-refractivity contribution in [3.63, 3.8) is 0 Å². The van der Waals surface area contributed by atoms with Gasteiger partial charge in [0.2, 0.25) is 5.91 Å². The molecule has 0 spiro atoms. The fourth-order valence-corrected chi connectivity index (χ4v) is 3.95. The molecule has 1 aromatic heterocycles. The molecule has 2 aromatic carbocycles. The van der Waals surface area contributed by atoms with Crippen LogP contribution in [-0.2, 0) is 20.9 Å². The minimum absolute atomic E-state index is 0.107. The third-order valence-corrected chi connectivity index (χ3v) is 6.04. The van der Waals surface area contributed by atoms with Crippen molar-refractivity contribution in [1.82, 2.24) is 16.0 Å². The van der Waals surface area contributed by atoms with Crippen molar-refractivity contribution in [2.45, 2.75) is 57.6 Å². The summed E-state index contributed by atoms with van der Waals surface area (Å²) in [6.07, 6.45) is 3.14. The summed E-state index contributed by atoms with van der Waals surface area (Å²) < 4.78 is 10.8. The minimum Gasteiger partial charge on any atom is -0.481 e. The maximum Gasteiger partial charge on any atom is 0.407 e. The summed E-state index contributed by atoms with van der Waals surface area (Å²) in [5.74, 6) is -1.55. The lowest BCUT2D eigenvalue weighted by atomic mass is 10.1. The van der Waals surface area contributed by atoms with Gasteiger partial charge in [0.05, 0.1) is 0 Å². The number of unbranched alkanes of at least 4 members (excludes halogenated alkanes) is 3. The zero-order chi connectivity index (χ0) is 27.9. The largest absolute Gasteiger partial charge is 0.481 e. The van der Waals surface area contributed by atoms with Crippen molar-refractivity contribution in [3.8, 4) is 0 Å². The van der Waals surface area contributed by atoms with Gasteiger partial charge in [-0.1, -0.05) is 61.4 Å². The predicted octanol–water partition coefficient (Wildman–Crippen LogP) is 4.39. The highest BCUT2D eigenvalue weighted by Gasteiger charge is 2.23. The summed E-state index contributed by atoms with van der Waals surface area (Å²) in [6.45, 7) is 0.829. The fraction of sp³-hybridized carbons (Fsp3) is 0.379. The van der Waals surface area contributed by atoms with Gasteiger partial charge in [0.15, 0.2) is 5.76 Å². The van der Waals surface area contributed by atoms with Gasteiger partial charge in [-0.05, 0) is 43.4 Å². The number of carbonyl (C=O) groups is 4. The highest BCUT2D eigenvalue weighted by atomic mass is 16.5. The molecule has 4 N–H and O–H groups in total. The molecule has 39 heavy (non-hydrogen) atoms. The molecule has 10 nitrogen and oxygen atoms in total. The van der Waals surface area contributed by atoms with Gasteiger partial charge in [-0.3, -0.25) is 14.4 Å². The Bertz CT molecular complexity index is 1190. The van der Waals surface area contributed by atoms with Crippen molar-refractivity contribution in [1.29, 1.82) is 0 Å². The summed E-state index contributed by atoms with van der Waals surface area (Å²) in [5, 5.41) is 17.7. The normalized spacial score (nSPS) is 11.5. The molecule has 0 aliphatic rings. The Morgan fingerprint density at radius 2 is 1.56 bits per heavy atom. The summed E-state index contributed by atoms with van der Waals surface area (Å²) in [6, 6.07) is 17.4. The molecule has 0 saturated carbocycles. The number of furan rings is 1. The van der Waals surface area contributed by atoms with E-state index in [-0.39, 0.29) is 37.7 Å². The average Bonchev–Trinajstić information content (AvgIpc) is 3.38. The molecule has 3 aromatic rings. The van der Waals surface area contributed by atoms with Crippen LogP contribution in [0.2, 0.25) is 0 Å². The molecule has 3 rings (SSSR count). The number of ether oxygens (including phenoxy) is 1. The van der Waals surface area contributed by atoms with Crippen LogP contribution in [0.25, 0.3) is 11.0 Å². The van der Waals surface area contributed by atoms with Gasteiger partial charge in [-0.2, -0.15) is 0 Å². The number of carbonyl (C=O) groups excluding carboxylic acids is 3. The van der Waals surface area contributed by atoms with Crippen LogP contribution in [0.3, 0.4) is 0 Å². The molecular formula is C29H35N3O7. The lowest BCUT2D eigenvalue weighted by Crippen LogP contribution is -2.47. The quantitative estimate of drug-likeness (QED) is 0.198. The first kappa shape index (κ1) is 29.2. The minimum atomic E-state index is -0.833. The standard InChI is InChI=1S/C29H35N3O7/c33-26(34)16-6-1-2-9-17-30-27(35)23(32-28(36)25-19-22-13-7-8-15-24(22)39-25)14-10-18-31-29(37)38-20-21-11-4-3-5-12-21/h3-5,7-8,11-13,15,19,23H,1-2,6,9-10,14,16-18,20H2,(H,30,35)(H,31,37)(H,32,36)(H,33,34)/t23-/m0/s1. The summed E-state index contributed by atoms with van der Waals surface area (Å²) in [7, 11) is 0. The van der Waals surface area contributed by atoms with Gasteiger partial charge in [-0.25, -0.2) is 4.79 Å². The Morgan fingerprint density at radius 1 is 0.846 bits per heavy atom. The maximum atomic E-state index is 12.9. The number of benzene rings is 2. The summed E-state index contributed by atoms with van der Waals surface area (Å²) >= 11 is 0. The van der Waals surface area contributed by atoms with Crippen LogP contribution >= 0.6 is 0 Å². The van der Waals surface area contributed by atoms with E-state index in [1.807, 2.05) is 48.5 Å². The second kappa shape index (κ2) is 15.8. The number of rotatable bonds is 16. The van der Waals surface area contributed by atoms with Crippen molar-refractivity contribution < 1.29 is 33.4 Å². The van der Waals surface area contributed by atoms with Gasteiger partial charge >= 0.3 is 12.1 Å². The molecule has 1 atom stereocenters. The Hall–Kier alpha value is -4.34. The molecule has 10 heteroatoms. The van der Waals surface area contributed by atoms with E-state index >= 15 is 0 Å². The lowest BCUT2D eigenvalue weighted by Gasteiger charge is -2.18. The van der Waals surface area contributed by atoms with E-state index < -0.39 is 24.0 Å². The van der Waals surface area contributed by atoms with Gasteiger partial charge in [0.1, 0.15) is 18.2 Å². The van der Waals surface area contributed by atoms with Crippen molar-refractivity contribution in [2.75, 3.05) is 13.1 Å². The van der Waals surface area contributed by atoms with Crippen LogP contribution in [0.1, 0.15) is 61.1 Å². The first-order valence-corrected chi connectivity index (χ1v) is 13.2. The van der Waals surface area contributed by atoms with E-state index in [0.717, 1.165) is 23.8 Å². The SMILES string of the molecule is O=C(O)CCCCCCNC(=O)[C@H](CCCNC(=O)OCc1ccccc1)NC(=O)c1cc2ccccc2o1. The second-order valence-electron chi connectivity index (χ2n) is 9.15. The average molecular weight is 538 g/mol. The van der Waals surface area contributed by atoms with E-state index in [2.05, 4.69) is 16.0 Å². The van der Waals surface area contributed by atoms with E-state index in [9.17, 15) is 19.2 Å². The highest BCUT2D eigenvalue weighted by Crippen LogP contribution is 2.19. The number of nitrogens with one attached hydrogen (secondary N) is 3. The number of alkyl carbamates (subject to hydrolysis) is 1. The third kappa shape index (κ3) is 10.5. The number of fused-ring (bicyclic) bond motifs is 1. The Kier molecular flexibility index (Phi) is 11.8. The van der Waals surface area contributed by atoms with Crippen LogP contribution < -0.4 is 16.0 Å². The van der Waals surface area contributed by atoms with Crippen LogP contribution in [0, 0.1) is 0 Å². The van der Waals surface area contributed by atoms with Gasteiger partial charge in [-0.15, -0.1) is 0 Å². The van der Waals surface area contributed by atoms with E-state index in [4.69, 9.17) is 14.3 Å². The molecule has 0 fully saturated rings. The van der Waals surface area contributed by atoms with E-state index in [0.29, 0.717) is 31.4 Å². The molecule has 1 heterocycles. The maximum absolute atomic E-state index is 12.9. The van der Waals surface area contributed by atoms with Gasteiger partial charge < -0.3 is 30.2 Å². The molecule has 0 saturated heterocycles. The molecule has 0 unspecified atom stereocenters. The van der Waals surface area contributed by atoms with E-state index in [1.54, 1.807) is 12.1 Å². The highest BCUT2D eigenvalue weighted by molar-refractivity contribution is 5.98. The molecule has 0 radical (unpaired) electrons. The van der Waals surface area contributed by atoms with E-state index in [1.165, 1.54) is 0 Å². The van der Waals surface area contributed by atoms with Crippen LogP contribution in [-0.4, -0.2) is 48.1 Å². The lowest BCUT2D eigenvalue weighted by molar-refractivity contribution is -0.137. The Balaban J connectivity index is 1.47. The number of carboxylic acids is 1. The second-order valence-corrected chi connectivity index (χ2v) is 9.15. The summed E-state index contributed by atoms with van der Waals surface area (Å²) in [4.78, 5) is 48.4.